The molecule has 2 aliphatic rings. The predicted octanol–water partition coefficient (Wildman–Crippen LogP) is 2.56. The van der Waals surface area contributed by atoms with Crippen LogP contribution in [0.5, 0.6) is 0 Å². The number of nitrogens with zero attached hydrogens (tertiary/aromatic N) is 1. The molecule has 1 aromatic rings. The normalized spacial score (nSPS) is 35.5. The highest BCUT2D eigenvalue weighted by Crippen LogP contribution is 2.55. The van der Waals surface area contributed by atoms with Crippen LogP contribution in [0.4, 0.5) is 0 Å². The fourth-order valence-electron chi connectivity index (χ4n) is 3.37. The van der Waals surface area contributed by atoms with E-state index in [1.165, 1.54) is 24.8 Å². The average molecular weight is 216 g/mol. The van der Waals surface area contributed by atoms with Crippen LogP contribution in [-0.2, 0) is 0 Å². The molecule has 16 heavy (non-hydrogen) atoms. The van der Waals surface area contributed by atoms with Crippen molar-refractivity contribution >= 4 is 0 Å². The highest BCUT2D eigenvalue weighted by Gasteiger charge is 2.47. The minimum absolute atomic E-state index is 0.329. The Morgan fingerprint density at radius 2 is 1.81 bits per heavy atom. The topological polar surface area (TPSA) is 38.9 Å². The van der Waals surface area contributed by atoms with Crippen molar-refractivity contribution in [1.29, 1.82) is 0 Å². The van der Waals surface area contributed by atoms with Crippen molar-refractivity contribution in [3.8, 4) is 0 Å². The number of fused-ring (bicyclic) bond motifs is 1. The van der Waals surface area contributed by atoms with E-state index in [0.717, 1.165) is 17.8 Å². The summed E-state index contributed by atoms with van der Waals surface area (Å²) in [4.78, 5) is 4.06. The SMILES string of the molecule is CC(c1ccncc1)C(N)C1CC2CC2C1. The molecule has 2 heteroatoms. The Hall–Kier alpha value is -0.890. The molecule has 0 spiro atoms. The van der Waals surface area contributed by atoms with Gasteiger partial charge < -0.3 is 5.73 Å². The van der Waals surface area contributed by atoms with Crippen molar-refractivity contribution in [2.45, 2.75) is 38.1 Å². The largest absolute Gasteiger partial charge is 0.327 e. The van der Waals surface area contributed by atoms with Gasteiger partial charge in [-0.15, -0.1) is 0 Å². The van der Waals surface area contributed by atoms with Crippen molar-refractivity contribution in [2.75, 3.05) is 0 Å². The van der Waals surface area contributed by atoms with Gasteiger partial charge in [0.2, 0.25) is 0 Å². The van der Waals surface area contributed by atoms with Gasteiger partial charge in [0.05, 0.1) is 0 Å². The van der Waals surface area contributed by atoms with Crippen molar-refractivity contribution < 1.29 is 0 Å². The van der Waals surface area contributed by atoms with Gasteiger partial charge in [0.25, 0.3) is 0 Å². The van der Waals surface area contributed by atoms with E-state index in [-0.39, 0.29) is 0 Å². The summed E-state index contributed by atoms with van der Waals surface area (Å²) in [7, 11) is 0. The summed E-state index contributed by atoms with van der Waals surface area (Å²) >= 11 is 0. The molecule has 2 saturated carbocycles. The first-order valence-corrected chi connectivity index (χ1v) is 6.41. The van der Waals surface area contributed by atoms with Crippen LogP contribution >= 0.6 is 0 Å². The van der Waals surface area contributed by atoms with E-state index in [1.54, 1.807) is 0 Å². The van der Waals surface area contributed by atoms with Gasteiger partial charge in [-0.05, 0) is 60.6 Å². The lowest BCUT2D eigenvalue weighted by Crippen LogP contribution is -2.34. The van der Waals surface area contributed by atoms with Crippen LogP contribution in [-0.4, -0.2) is 11.0 Å². The van der Waals surface area contributed by atoms with Gasteiger partial charge in [-0.1, -0.05) is 6.92 Å². The van der Waals surface area contributed by atoms with Crippen molar-refractivity contribution in [3.05, 3.63) is 30.1 Å². The van der Waals surface area contributed by atoms with E-state index < -0.39 is 0 Å². The van der Waals surface area contributed by atoms with E-state index in [0.29, 0.717) is 12.0 Å². The van der Waals surface area contributed by atoms with Crippen LogP contribution in [0, 0.1) is 17.8 Å². The molecular weight excluding hydrogens is 196 g/mol. The molecule has 1 aromatic heterocycles. The van der Waals surface area contributed by atoms with Crippen LogP contribution in [0.15, 0.2) is 24.5 Å². The van der Waals surface area contributed by atoms with Crippen molar-refractivity contribution in [2.24, 2.45) is 23.5 Å². The van der Waals surface area contributed by atoms with E-state index in [2.05, 4.69) is 24.0 Å². The molecule has 4 atom stereocenters. The van der Waals surface area contributed by atoms with Gasteiger partial charge in [0, 0.05) is 18.4 Å². The number of hydrogen-bond donors (Lipinski definition) is 1. The van der Waals surface area contributed by atoms with Gasteiger partial charge >= 0.3 is 0 Å². The Bertz CT molecular complexity index is 352. The Kier molecular flexibility index (Phi) is 2.47. The molecule has 0 radical (unpaired) electrons. The molecule has 0 aliphatic heterocycles. The quantitative estimate of drug-likeness (QED) is 0.843. The Morgan fingerprint density at radius 1 is 1.19 bits per heavy atom. The van der Waals surface area contributed by atoms with Crippen LogP contribution in [0.25, 0.3) is 0 Å². The van der Waals surface area contributed by atoms with Crippen molar-refractivity contribution in [1.82, 2.24) is 4.98 Å². The second-order valence-corrected chi connectivity index (χ2v) is 5.63. The van der Waals surface area contributed by atoms with E-state index in [9.17, 15) is 0 Å². The van der Waals surface area contributed by atoms with E-state index in [1.807, 2.05) is 12.4 Å². The molecule has 4 unspecified atom stereocenters. The molecule has 0 amide bonds. The number of aromatic nitrogens is 1. The molecule has 2 nitrogen and oxygen atoms in total. The zero-order valence-corrected chi connectivity index (χ0v) is 9.84. The second-order valence-electron chi connectivity index (χ2n) is 5.63. The molecule has 2 N–H and O–H groups in total. The zero-order valence-electron chi connectivity index (χ0n) is 9.84. The first-order valence-electron chi connectivity index (χ1n) is 6.41. The molecule has 2 aliphatic carbocycles. The molecule has 86 valence electrons. The minimum Gasteiger partial charge on any atom is -0.327 e. The van der Waals surface area contributed by atoms with Crippen LogP contribution < -0.4 is 5.73 Å². The first kappa shape index (κ1) is 10.3. The molecule has 0 bridgehead atoms. The maximum absolute atomic E-state index is 6.42. The lowest BCUT2D eigenvalue weighted by Gasteiger charge is -2.27. The fraction of sp³-hybridized carbons (Fsp3) is 0.643. The van der Waals surface area contributed by atoms with Crippen LogP contribution in [0.1, 0.15) is 37.7 Å². The third-order valence-electron chi connectivity index (χ3n) is 4.63. The third-order valence-corrected chi connectivity index (χ3v) is 4.63. The fourth-order valence-corrected chi connectivity index (χ4v) is 3.37. The number of pyridine rings is 1. The smallest absolute Gasteiger partial charge is 0.0270 e. The second kappa shape index (κ2) is 3.85. The average Bonchev–Trinajstić information content (AvgIpc) is 2.95. The number of hydrogen-bond acceptors (Lipinski definition) is 2. The van der Waals surface area contributed by atoms with Crippen molar-refractivity contribution in [3.63, 3.8) is 0 Å². The maximum atomic E-state index is 6.42. The molecule has 1 heterocycles. The highest BCUT2D eigenvalue weighted by molar-refractivity contribution is 5.18. The summed E-state index contributed by atoms with van der Waals surface area (Å²) in [5.41, 5.74) is 7.75. The van der Waals surface area contributed by atoms with E-state index >= 15 is 0 Å². The summed E-state index contributed by atoms with van der Waals surface area (Å²) in [6.07, 6.45) is 7.96. The first-order chi connectivity index (χ1) is 7.75. The molecule has 0 saturated heterocycles. The summed E-state index contributed by atoms with van der Waals surface area (Å²) in [5, 5.41) is 0. The van der Waals surface area contributed by atoms with Gasteiger partial charge in [0.15, 0.2) is 0 Å². The molecular formula is C14H20N2. The van der Waals surface area contributed by atoms with Crippen LogP contribution in [0.2, 0.25) is 0 Å². The summed E-state index contributed by atoms with van der Waals surface area (Å²) in [6.45, 7) is 2.25. The van der Waals surface area contributed by atoms with Gasteiger partial charge in [-0.3, -0.25) is 4.98 Å². The monoisotopic (exact) mass is 216 g/mol. The Labute approximate surface area is 97.3 Å². The third kappa shape index (κ3) is 1.75. The summed E-state index contributed by atoms with van der Waals surface area (Å²) in [6, 6.07) is 4.52. The van der Waals surface area contributed by atoms with Crippen LogP contribution in [0.3, 0.4) is 0 Å². The Balaban J connectivity index is 1.68. The van der Waals surface area contributed by atoms with Gasteiger partial charge in [0.1, 0.15) is 0 Å². The number of nitrogens with two attached hydrogens (primary N) is 1. The lowest BCUT2D eigenvalue weighted by atomic mass is 9.83. The Morgan fingerprint density at radius 3 is 2.44 bits per heavy atom. The summed E-state index contributed by atoms with van der Waals surface area (Å²) < 4.78 is 0. The molecule has 0 aromatic carbocycles. The lowest BCUT2D eigenvalue weighted by molar-refractivity contribution is 0.357. The van der Waals surface area contributed by atoms with E-state index in [4.69, 9.17) is 5.73 Å². The van der Waals surface area contributed by atoms with Gasteiger partial charge in [-0.25, -0.2) is 0 Å². The minimum atomic E-state index is 0.329. The number of rotatable bonds is 3. The van der Waals surface area contributed by atoms with Gasteiger partial charge in [-0.2, -0.15) is 0 Å². The zero-order chi connectivity index (χ0) is 11.1. The standard InChI is InChI=1S/C14H20N2/c1-9(10-2-4-16-5-3-10)14(15)13-7-11-6-12(11)8-13/h2-5,9,11-14H,6-8,15H2,1H3. The summed E-state index contributed by atoms with van der Waals surface area (Å²) in [5.74, 6) is 3.28. The predicted molar refractivity (Wildman–Crippen MR) is 64.9 cm³/mol. The molecule has 2 fully saturated rings. The highest BCUT2D eigenvalue weighted by atomic mass is 14.7. The molecule has 3 rings (SSSR count). The maximum Gasteiger partial charge on any atom is 0.0270 e.